The number of allylic oxidation sites excluding steroid dienone is 1. The number of benzene rings is 1. The average molecular weight is 312 g/mol. The topological polar surface area (TPSA) is 71.1 Å². The molecule has 2 rings (SSSR count). The number of esters is 1. The van der Waals surface area contributed by atoms with Gasteiger partial charge in [-0.3, -0.25) is 4.57 Å². The molecular weight excluding hydrogens is 295 g/mol. The van der Waals surface area contributed by atoms with E-state index in [1.807, 2.05) is 0 Å². The van der Waals surface area contributed by atoms with Crippen molar-refractivity contribution in [3.05, 3.63) is 41.2 Å². The van der Waals surface area contributed by atoms with Crippen molar-refractivity contribution in [1.82, 2.24) is 0 Å². The summed E-state index contributed by atoms with van der Waals surface area (Å²) in [7, 11) is 0.409. The normalized spacial score (nSPS) is 20.6. The second-order valence-electron chi connectivity index (χ2n) is 4.41. The molecule has 0 N–H and O–H groups in total. The van der Waals surface area contributed by atoms with Crippen LogP contribution in [0.4, 0.5) is 0 Å². The van der Waals surface area contributed by atoms with E-state index in [2.05, 4.69) is 0 Å². The highest BCUT2D eigenvalue weighted by Crippen LogP contribution is 2.65. The summed E-state index contributed by atoms with van der Waals surface area (Å²) in [6.07, 6.45) is 0. The van der Waals surface area contributed by atoms with Gasteiger partial charge in [-0.1, -0.05) is 18.2 Å². The average Bonchev–Trinajstić information content (AvgIpc) is 2.52. The molecule has 0 aliphatic carbocycles. The summed E-state index contributed by atoms with van der Waals surface area (Å²) in [5.41, 5.74) is -0.177. The van der Waals surface area contributed by atoms with Crippen molar-refractivity contribution in [2.24, 2.45) is 0 Å². The number of carbonyl (C=O) groups excluding carboxylic acids is 1. The highest BCUT2D eigenvalue weighted by Gasteiger charge is 2.47. The summed E-state index contributed by atoms with van der Waals surface area (Å²) < 4.78 is 33.5. The number of hydrogen-bond acceptors (Lipinski definition) is 6. The molecule has 0 saturated carbocycles. The Kier molecular flexibility index (Phi) is 4.52. The fourth-order valence-corrected chi connectivity index (χ4v) is 4.01. The third-order valence-electron chi connectivity index (χ3n) is 3.42. The second kappa shape index (κ2) is 6.02. The molecule has 1 aromatic carbocycles. The minimum absolute atomic E-state index is 0.142. The maximum atomic E-state index is 12.9. The summed E-state index contributed by atoms with van der Waals surface area (Å²) in [4.78, 5) is 12.3. The van der Waals surface area contributed by atoms with Crippen LogP contribution in [-0.2, 0) is 23.1 Å². The first kappa shape index (κ1) is 15.8. The predicted octanol–water partition coefficient (Wildman–Crippen LogP) is 3.05. The summed E-state index contributed by atoms with van der Waals surface area (Å²) in [6.45, 7) is 1.60. The molecule has 1 heterocycles. The number of carbonyl (C=O) groups is 1. The van der Waals surface area contributed by atoms with Gasteiger partial charge in [-0.25, -0.2) is 4.79 Å². The summed E-state index contributed by atoms with van der Waals surface area (Å²) >= 11 is 0. The van der Waals surface area contributed by atoms with E-state index < -0.39 is 19.2 Å². The Bertz CT molecular complexity index is 628. The molecule has 1 aromatic rings. The van der Waals surface area contributed by atoms with Crippen LogP contribution in [-0.4, -0.2) is 27.3 Å². The van der Waals surface area contributed by atoms with Crippen molar-refractivity contribution in [2.75, 3.05) is 21.3 Å². The Morgan fingerprint density at radius 3 is 2.38 bits per heavy atom. The Labute approximate surface area is 123 Å². The molecule has 6 nitrogen and oxygen atoms in total. The Hall–Kier alpha value is -1.62. The Morgan fingerprint density at radius 1 is 1.19 bits per heavy atom. The van der Waals surface area contributed by atoms with E-state index >= 15 is 0 Å². The SMILES string of the molecule is CO/C(C)=C1/C(=O)Oc2ccccc2C1P(=O)(OC)OC. The van der Waals surface area contributed by atoms with Gasteiger partial charge in [0.05, 0.1) is 12.7 Å². The van der Waals surface area contributed by atoms with E-state index in [-0.39, 0.29) is 5.57 Å². The van der Waals surface area contributed by atoms with E-state index in [1.165, 1.54) is 21.3 Å². The molecule has 1 aliphatic heterocycles. The molecule has 0 aromatic heterocycles. The van der Waals surface area contributed by atoms with Crippen LogP contribution < -0.4 is 4.74 Å². The highest BCUT2D eigenvalue weighted by molar-refractivity contribution is 7.54. The van der Waals surface area contributed by atoms with Gasteiger partial charge in [0.1, 0.15) is 17.2 Å². The lowest BCUT2D eigenvalue weighted by Gasteiger charge is -2.31. The molecular formula is C14H17O6P. The van der Waals surface area contributed by atoms with E-state index in [9.17, 15) is 9.36 Å². The van der Waals surface area contributed by atoms with Crippen LogP contribution in [0.1, 0.15) is 18.1 Å². The van der Waals surface area contributed by atoms with Crippen LogP contribution in [0.3, 0.4) is 0 Å². The third kappa shape index (κ3) is 2.62. The van der Waals surface area contributed by atoms with Gasteiger partial charge in [0.15, 0.2) is 0 Å². The van der Waals surface area contributed by atoms with E-state index in [4.69, 9.17) is 18.5 Å². The van der Waals surface area contributed by atoms with Crippen LogP contribution >= 0.6 is 7.60 Å². The lowest BCUT2D eigenvalue weighted by molar-refractivity contribution is -0.131. The molecule has 0 amide bonds. The maximum Gasteiger partial charge on any atom is 0.344 e. The minimum Gasteiger partial charge on any atom is -0.501 e. The number of rotatable bonds is 4. The standard InChI is InChI=1S/C14H17O6P/c1-9(17-2)12-13(21(16,18-3)19-4)10-7-5-6-8-11(10)20-14(12)15/h5-8,13H,1-4H3/b12-9+. The quantitative estimate of drug-likeness (QED) is 0.280. The zero-order valence-corrected chi connectivity index (χ0v) is 13.2. The zero-order valence-electron chi connectivity index (χ0n) is 12.3. The van der Waals surface area contributed by atoms with Gasteiger partial charge in [-0.2, -0.15) is 0 Å². The van der Waals surface area contributed by atoms with Crippen LogP contribution in [0, 0.1) is 0 Å². The number of fused-ring (bicyclic) bond motifs is 1. The van der Waals surface area contributed by atoms with Crippen molar-refractivity contribution >= 4 is 13.6 Å². The fraction of sp³-hybridized carbons (Fsp3) is 0.357. The minimum atomic E-state index is -3.59. The molecule has 7 heteroatoms. The molecule has 21 heavy (non-hydrogen) atoms. The summed E-state index contributed by atoms with van der Waals surface area (Å²) in [5.74, 6) is 0.0377. The van der Waals surface area contributed by atoms with E-state index in [0.717, 1.165) is 0 Å². The maximum absolute atomic E-state index is 12.9. The van der Waals surface area contributed by atoms with Crippen LogP contribution in [0.5, 0.6) is 5.75 Å². The number of ether oxygens (including phenoxy) is 2. The van der Waals surface area contributed by atoms with Gasteiger partial charge in [0.2, 0.25) is 0 Å². The predicted molar refractivity (Wildman–Crippen MR) is 76.2 cm³/mol. The number of hydrogen-bond donors (Lipinski definition) is 0. The van der Waals surface area contributed by atoms with Gasteiger partial charge in [-0.15, -0.1) is 0 Å². The van der Waals surface area contributed by atoms with Gasteiger partial charge in [0.25, 0.3) is 0 Å². The molecule has 0 fully saturated rings. The van der Waals surface area contributed by atoms with Gasteiger partial charge < -0.3 is 18.5 Å². The fourth-order valence-electron chi connectivity index (χ4n) is 2.28. The van der Waals surface area contributed by atoms with Gasteiger partial charge in [-0.05, 0) is 13.0 Å². The molecule has 1 unspecified atom stereocenters. The van der Waals surface area contributed by atoms with Crippen LogP contribution in [0.15, 0.2) is 35.6 Å². The molecule has 0 saturated heterocycles. The largest absolute Gasteiger partial charge is 0.501 e. The highest BCUT2D eigenvalue weighted by atomic mass is 31.2. The van der Waals surface area contributed by atoms with Crippen molar-refractivity contribution < 1.29 is 27.9 Å². The molecule has 114 valence electrons. The number of para-hydroxylation sites is 1. The van der Waals surface area contributed by atoms with Crippen molar-refractivity contribution in [2.45, 2.75) is 12.6 Å². The van der Waals surface area contributed by atoms with Crippen LogP contribution in [0.2, 0.25) is 0 Å². The first-order chi connectivity index (χ1) is 9.98. The summed E-state index contributed by atoms with van der Waals surface area (Å²) in [6, 6.07) is 6.85. The van der Waals surface area contributed by atoms with Crippen molar-refractivity contribution in [3.8, 4) is 5.75 Å². The van der Waals surface area contributed by atoms with Gasteiger partial charge in [0, 0.05) is 19.8 Å². The van der Waals surface area contributed by atoms with E-state index in [1.54, 1.807) is 31.2 Å². The first-order valence-corrected chi connectivity index (χ1v) is 7.86. The van der Waals surface area contributed by atoms with E-state index in [0.29, 0.717) is 17.1 Å². The monoisotopic (exact) mass is 312 g/mol. The van der Waals surface area contributed by atoms with Crippen molar-refractivity contribution in [1.29, 1.82) is 0 Å². The molecule has 0 bridgehead atoms. The molecule has 0 spiro atoms. The molecule has 1 aliphatic rings. The number of methoxy groups -OCH3 is 1. The second-order valence-corrected chi connectivity index (χ2v) is 6.74. The zero-order chi connectivity index (χ0) is 15.6. The van der Waals surface area contributed by atoms with Crippen molar-refractivity contribution in [3.63, 3.8) is 0 Å². The molecule has 1 atom stereocenters. The Morgan fingerprint density at radius 2 is 1.81 bits per heavy atom. The molecule has 0 radical (unpaired) electrons. The summed E-state index contributed by atoms with van der Waals surface area (Å²) in [5, 5.41) is 0. The van der Waals surface area contributed by atoms with Gasteiger partial charge >= 0.3 is 13.6 Å². The lowest BCUT2D eigenvalue weighted by Crippen LogP contribution is -2.26. The van der Waals surface area contributed by atoms with Crippen LogP contribution in [0.25, 0.3) is 0 Å². The first-order valence-electron chi connectivity index (χ1n) is 6.25. The lowest BCUT2D eigenvalue weighted by atomic mass is 10.00. The third-order valence-corrected chi connectivity index (χ3v) is 5.61. The smallest absolute Gasteiger partial charge is 0.344 e. The Balaban J connectivity index is 2.74.